The van der Waals surface area contributed by atoms with Crippen LogP contribution >= 0.6 is 15.9 Å². The first-order valence-corrected chi connectivity index (χ1v) is 10.2. The minimum atomic E-state index is -0.458. The van der Waals surface area contributed by atoms with Gasteiger partial charge in [-0.05, 0) is 54.8 Å². The smallest absolute Gasteiger partial charge is 0.161 e. The summed E-state index contributed by atoms with van der Waals surface area (Å²) >= 11 is 3.45. The highest BCUT2D eigenvalue weighted by Crippen LogP contribution is 2.46. The number of carbonyl (C=O) groups is 1. The highest BCUT2D eigenvalue weighted by Gasteiger charge is 2.40. The molecule has 1 atom stereocenters. The van der Waals surface area contributed by atoms with E-state index in [1.807, 2.05) is 53.4 Å². The normalized spacial score (nSPS) is 19.1. The van der Waals surface area contributed by atoms with Gasteiger partial charge in [0.1, 0.15) is 11.6 Å². The van der Waals surface area contributed by atoms with Gasteiger partial charge < -0.3 is 10.5 Å². The fourth-order valence-electron chi connectivity index (χ4n) is 4.10. The Morgan fingerprint density at radius 1 is 1.14 bits per heavy atom. The Morgan fingerprint density at radius 3 is 2.45 bits per heavy atom. The number of methoxy groups -OCH3 is 1. The molecule has 2 aromatic rings. The Bertz CT molecular complexity index is 1060. The van der Waals surface area contributed by atoms with Crippen LogP contribution in [0.4, 0.5) is 5.69 Å². The van der Waals surface area contributed by atoms with Crippen molar-refractivity contribution in [3.8, 4) is 11.8 Å². The number of carbonyl (C=O) groups excluding carboxylic acids is 1. The number of anilines is 1. The summed E-state index contributed by atoms with van der Waals surface area (Å²) in [5.41, 5.74) is 10.2. The van der Waals surface area contributed by atoms with E-state index in [2.05, 4.69) is 22.0 Å². The van der Waals surface area contributed by atoms with E-state index >= 15 is 0 Å². The average Bonchev–Trinajstić information content (AvgIpc) is 2.74. The van der Waals surface area contributed by atoms with Crippen molar-refractivity contribution in [2.24, 2.45) is 5.73 Å². The highest BCUT2D eigenvalue weighted by molar-refractivity contribution is 9.10. The summed E-state index contributed by atoms with van der Waals surface area (Å²) in [6.45, 7) is 0. The number of nitrogens with two attached hydrogens (primary N) is 1. The van der Waals surface area contributed by atoms with E-state index in [1.54, 1.807) is 7.11 Å². The molecule has 29 heavy (non-hydrogen) atoms. The number of Topliss-reactive ketones (excluding diaryl/α,β-unsaturated/α-hetero) is 1. The molecule has 1 heterocycles. The van der Waals surface area contributed by atoms with Crippen molar-refractivity contribution in [2.75, 3.05) is 12.0 Å². The number of ketones is 1. The van der Waals surface area contributed by atoms with Crippen LogP contribution in [0.15, 0.2) is 75.7 Å². The molecular weight excluding hydrogens is 430 g/mol. The molecular formula is C23H20BrN3O2. The van der Waals surface area contributed by atoms with Gasteiger partial charge in [-0.1, -0.05) is 28.1 Å². The molecule has 0 fully saturated rings. The Hall–Kier alpha value is -3.04. The van der Waals surface area contributed by atoms with Crippen molar-refractivity contribution < 1.29 is 9.53 Å². The van der Waals surface area contributed by atoms with Gasteiger partial charge in [-0.25, -0.2) is 0 Å². The molecule has 0 amide bonds. The number of nitrogens with zero attached hydrogens (tertiary/aromatic N) is 2. The maximum Gasteiger partial charge on any atom is 0.161 e. The van der Waals surface area contributed by atoms with Crippen LogP contribution in [0.2, 0.25) is 0 Å². The van der Waals surface area contributed by atoms with Gasteiger partial charge in [0.15, 0.2) is 5.78 Å². The third kappa shape index (κ3) is 3.32. The summed E-state index contributed by atoms with van der Waals surface area (Å²) in [6.07, 6.45) is 2.00. The average molecular weight is 450 g/mol. The van der Waals surface area contributed by atoms with Gasteiger partial charge in [-0.2, -0.15) is 5.26 Å². The molecule has 0 saturated carbocycles. The fraction of sp³-hybridized carbons (Fsp3) is 0.217. The second kappa shape index (κ2) is 7.76. The second-order valence-corrected chi connectivity index (χ2v) is 7.98. The topological polar surface area (TPSA) is 79.3 Å². The minimum absolute atomic E-state index is 0.0782. The maximum atomic E-state index is 13.0. The standard InChI is InChI=1S/C23H20BrN3O2/c1-29-17-11-5-14(6-12-17)21-18(13-25)23(26)27(16-9-7-15(24)8-10-16)19-3-2-4-20(28)22(19)21/h5-12,21H,2-4,26H2,1H3/t21-/m1/s1. The summed E-state index contributed by atoms with van der Waals surface area (Å²) in [7, 11) is 1.61. The molecule has 5 nitrogen and oxygen atoms in total. The number of halogens is 1. The Morgan fingerprint density at radius 2 is 1.83 bits per heavy atom. The summed E-state index contributed by atoms with van der Waals surface area (Å²) in [5.74, 6) is 0.722. The van der Waals surface area contributed by atoms with Gasteiger partial charge >= 0.3 is 0 Å². The van der Waals surface area contributed by atoms with E-state index in [0.29, 0.717) is 23.4 Å². The van der Waals surface area contributed by atoms with Crippen molar-refractivity contribution in [1.29, 1.82) is 5.26 Å². The zero-order valence-corrected chi connectivity index (χ0v) is 17.6. The van der Waals surface area contributed by atoms with Gasteiger partial charge in [0.25, 0.3) is 0 Å². The number of ether oxygens (including phenoxy) is 1. The minimum Gasteiger partial charge on any atom is -0.497 e. The molecule has 2 aromatic carbocycles. The van der Waals surface area contributed by atoms with Gasteiger partial charge in [0.2, 0.25) is 0 Å². The molecule has 0 bridgehead atoms. The lowest BCUT2D eigenvalue weighted by atomic mass is 9.75. The predicted octanol–water partition coefficient (Wildman–Crippen LogP) is 4.76. The van der Waals surface area contributed by atoms with E-state index < -0.39 is 5.92 Å². The highest BCUT2D eigenvalue weighted by atomic mass is 79.9. The molecule has 146 valence electrons. The van der Waals surface area contributed by atoms with Crippen molar-refractivity contribution in [3.63, 3.8) is 0 Å². The van der Waals surface area contributed by atoms with Crippen molar-refractivity contribution in [3.05, 3.63) is 81.2 Å². The Kier molecular flexibility index (Phi) is 5.16. The molecule has 0 unspecified atom stereocenters. The number of hydrogen-bond donors (Lipinski definition) is 1. The first-order valence-electron chi connectivity index (χ1n) is 9.40. The van der Waals surface area contributed by atoms with E-state index in [9.17, 15) is 10.1 Å². The second-order valence-electron chi connectivity index (χ2n) is 7.07. The van der Waals surface area contributed by atoms with E-state index in [-0.39, 0.29) is 5.78 Å². The summed E-state index contributed by atoms with van der Waals surface area (Å²) in [6, 6.07) is 17.5. The van der Waals surface area contributed by atoms with Crippen molar-refractivity contribution >= 4 is 27.4 Å². The number of allylic oxidation sites excluding steroid dienone is 3. The number of nitriles is 1. The molecule has 1 aliphatic heterocycles. The van der Waals surface area contributed by atoms with Crippen LogP contribution in [-0.4, -0.2) is 12.9 Å². The summed E-state index contributed by atoms with van der Waals surface area (Å²) < 4.78 is 6.20. The SMILES string of the molecule is COc1ccc([C@@H]2C(C#N)=C(N)N(c3ccc(Br)cc3)C3=C2C(=O)CCC3)cc1. The van der Waals surface area contributed by atoms with Crippen molar-refractivity contribution in [2.45, 2.75) is 25.2 Å². The maximum absolute atomic E-state index is 13.0. The summed E-state index contributed by atoms with van der Waals surface area (Å²) in [5, 5.41) is 10.00. The van der Waals surface area contributed by atoms with Crippen LogP contribution < -0.4 is 15.4 Å². The van der Waals surface area contributed by atoms with Crippen LogP contribution in [0, 0.1) is 11.3 Å². The molecule has 4 rings (SSSR count). The Balaban J connectivity index is 1.92. The molecule has 2 N–H and O–H groups in total. The van der Waals surface area contributed by atoms with E-state index in [0.717, 1.165) is 40.0 Å². The van der Waals surface area contributed by atoms with Gasteiger partial charge in [-0.15, -0.1) is 0 Å². The van der Waals surface area contributed by atoms with Gasteiger partial charge in [0, 0.05) is 27.9 Å². The quantitative estimate of drug-likeness (QED) is 0.730. The van der Waals surface area contributed by atoms with Crippen LogP contribution in [0.1, 0.15) is 30.7 Å². The molecule has 0 radical (unpaired) electrons. The van der Waals surface area contributed by atoms with Gasteiger partial charge in [-0.3, -0.25) is 9.69 Å². The first kappa shape index (κ1) is 19.3. The molecule has 6 heteroatoms. The lowest BCUT2D eigenvalue weighted by molar-refractivity contribution is -0.116. The molecule has 0 spiro atoms. The fourth-order valence-corrected chi connectivity index (χ4v) is 4.37. The van der Waals surface area contributed by atoms with E-state index in [4.69, 9.17) is 10.5 Å². The van der Waals surface area contributed by atoms with Crippen LogP contribution in [0.3, 0.4) is 0 Å². The zero-order chi connectivity index (χ0) is 20.5. The van der Waals surface area contributed by atoms with Crippen LogP contribution in [0.5, 0.6) is 5.75 Å². The molecule has 0 aromatic heterocycles. The molecule has 0 saturated heterocycles. The molecule has 1 aliphatic carbocycles. The van der Waals surface area contributed by atoms with Crippen LogP contribution in [0.25, 0.3) is 0 Å². The number of hydrogen-bond acceptors (Lipinski definition) is 5. The predicted molar refractivity (Wildman–Crippen MR) is 115 cm³/mol. The zero-order valence-electron chi connectivity index (χ0n) is 16.0. The molecule has 2 aliphatic rings. The lowest BCUT2D eigenvalue weighted by Gasteiger charge is -2.39. The summed E-state index contributed by atoms with van der Waals surface area (Å²) in [4.78, 5) is 14.9. The third-order valence-corrected chi connectivity index (χ3v) is 5.98. The Labute approximate surface area is 178 Å². The first-order chi connectivity index (χ1) is 14.0. The monoisotopic (exact) mass is 449 g/mol. The van der Waals surface area contributed by atoms with Crippen molar-refractivity contribution in [1.82, 2.24) is 0 Å². The lowest BCUT2D eigenvalue weighted by Crippen LogP contribution is -2.38. The third-order valence-electron chi connectivity index (χ3n) is 5.45. The number of benzene rings is 2. The van der Waals surface area contributed by atoms with E-state index in [1.165, 1.54) is 0 Å². The number of rotatable bonds is 3. The van der Waals surface area contributed by atoms with Gasteiger partial charge in [0.05, 0.1) is 24.7 Å². The largest absolute Gasteiger partial charge is 0.497 e. The van der Waals surface area contributed by atoms with Crippen LogP contribution in [-0.2, 0) is 4.79 Å².